The van der Waals surface area contributed by atoms with Gasteiger partial charge < -0.3 is 14.8 Å². The van der Waals surface area contributed by atoms with Crippen molar-refractivity contribution in [2.45, 2.75) is 0 Å². The summed E-state index contributed by atoms with van der Waals surface area (Å²) in [5.74, 6) is 0.479. The van der Waals surface area contributed by atoms with Crippen LogP contribution in [0, 0.1) is 10.1 Å². The third kappa shape index (κ3) is 4.12. The van der Waals surface area contributed by atoms with E-state index >= 15 is 0 Å². The first kappa shape index (κ1) is 19.9. The van der Waals surface area contributed by atoms with Crippen LogP contribution in [0.15, 0.2) is 36.4 Å². The number of nitrogens with one attached hydrogen (secondary N) is 2. The van der Waals surface area contributed by atoms with Crippen LogP contribution >= 0.6 is 0 Å². The lowest BCUT2D eigenvalue weighted by molar-refractivity contribution is -0.386. The van der Waals surface area contributed by atoms with Gasteiger partial charge in [-0.25, -0.2) is 0 Å². The van der Waals surface area contributed by atoms with E-state index in [0.29, 0.717) is 23.6 Å². The number of fused-ring (bicyclic) bond motifs is 1. The molecular weight excluding hydrogens is 386 g/mol. The van der Waals surface area contributed by atoms with Crippen LogP contribution in [0.1, 0.15) is 11.3 Å². The first-order valence-corrected chi connectivity index (χ1v) is 9.70. The Morgan fingerprint density at radius 2 is 2.13 bits per heavy atom. The van der Waals surface area contributed by atoms with Crippen molar-refractivity contribution in [2.24, 2.45) is 0 Å². The zero-order chi connectivity index (χ0) is 20.9. The van der Waals surface area contributed by atoms with Gasteiger partial charge in [-0.05, 0) is 30.4 Å². The van der Waals surface area contributed by atoms with Crippen molar-refractivity contribution in [1.29, 1.82) is 0 Å². The van der Waals surface area contributed by atoms with Gasteiger partial charge in [-0.1, -0.05) is 18.2 Å². The summed E-state index contributed by atoms with van der Waals surface area (Å²) in [5, 5.41) is 23.2. The first-order valence-electron chi connectivity index (χ1n) is 9.70. The molecule has 0 saturated carbocycles. The van der Waals surface area contributed by atoms with Gasteiger partial charge in [0.1, 0.15) is 6.61 Å². The number of benzene rings is 2. The Morgan fingerprint density at radius 3 is 2.90 bits per heavy atom. The van der Waals surface area contributed by atoms with Crippen LogP contribution in [0.4, 0.5) is 5.69 Å². The van der Waals surface area contributed by atoms with Gasteiger partial charge >= 0.3 is 5.69 Å². The molecular formula is C21H23N5O4. The Hall–Kier alpha value is -3.43. The molecule has 0 aliphatic carbocycles. The second kappa shape index (κ2) is 8.93. The maximum atomic E-state index is 11.8. The molecule has 0 amide bonds. The van der Waals surface area contributed by atoms with Crippen LogP contribution in [0.3, 0.4) is 0 Å². The van der Waals surface area contributed by atoms with E-state index in [2.05, 4.69) is 20.4 Å². The minimum absolute atomic E-state index is 0.119. The molecule has 1 saturated heterocycles. The first-order chi connectivity index (χ1) is 14.7. The van der Waals surface area contributed by atoms with Gasteiger partial charge in [-0.15, -0.1) is 0 Å². The van der Waals surface area contributed by atoms with Gasteiger partial charge in [-0.3, -0.25) is 20.1 Å². The molecule has 30 heavy (non-hydrogen) atoms. The molecule has 2 N–H and O–H groups in total. The number of H-pyrrole nitrogens is 1. The molecule has 9 heteroatoms. The van der Waals surface area contributed by atoms with Crippen LogP contribution in [0.5, 0.6) is 11.5 Å². The lowest BCUT2D eigenvalue weighted by Gasteiger charge is -2.16. The van der Waals surface area contributed by atoms with Gasteiger partial charge in [0.25, 0.3) is 0 Å². The van der Waals surface area contributed by atoms with Gasteiger partial charge in [0.15, 0.2) is 5.75 Å². The lowest BCUT2D eigenvalue weighted by atomic mass is 10.1. The maximum Gasteiger partial charge on any atom is 0.322 e. The summed E-state index contributed by atoms with van der Waals surface area (Å²) in [6.45, 7) is 3.90. The molecule has 0 spiro atoms. The predicted octanol–water partition coefficient (Wildman–Crippen LogP) is 2.89. The van der Waals surface area contributed by atoms with Crippen LogP contribution in [-0.2, 0) is 0 Å². The molecule has 156 valence electrons. The number of rotatable bonds is 8. The number of nitro groups is 1. The number of ether oxygens (including phenoxy) is 2. The molecule has 1 aromatic heterocycles. The Bertz CT molecular complexity index is 1070. The highest BCUT2D eigenvalue weighted by Gasteiger charge is 2.24. The molecule has 4 rings (SSSR count). The lowest BCUT2D eigenvalue weighted by Crippen LogP contribution is -2.27. The fourth-order valence-corrected chi connectivity index (χ4v) is 3.51. The van der Waals surface area contributed by atoms with Crippen LogP contribution < -0.4 is 14.8 Å². The van der Waals surface area contributed by atoms with Crippen molar-refractivity contribution in [3.8, 4) is 11.5 Å². The summed E-state index contributed by atoms with van der Waals surface area (Å²) in [5.41, 5.74) is 1.90. The molecule has 2 heterocycles. The molecule has 2 aromatic carbocycles. The molecule has 0 unspecified atom stereocenters. The zero-order valence-corrected chi connectivity index (χ0v) is 16.6. The summed E-state index contributed by atoms with van der Waals surface area (Å²) >= 11 is 0. The highest BCUT2D eigenvalue weighted by molar-refractivity contribution is 5.90. The van der Waals surface area contributed by atoms with Crippen molar-refractivity contribution in [1.82, 2.24) is 20.4 Å². The van der Waals surface area contributed by atoms with E-state index in [-0.39, 0.29) is 11.4 Å². The number of aromatic amines is 1. The molecule has 1 aliphatic rings. The van der Waals surface area contributed by atoms with Crippen molar-refractivity contribution < 1.29 is 14.4 Å². The normalized spacial score (nSPS) is 14.6. The van der Waals surface area contributed by atoms with Gasteiger partial charge in [0, 0.05) is 31.7 Å². The average molecular weight is 409 g/mol. The number of methoxy groups -OCH3 is 1. The van der Waals surface area contributed by atoms with Crippen molar-refractivity contribution in [3.05, 3.63) is 57.8 Å². The summed E-state index contributed by atoms with van der Waals surface area (Å²) in [6, 6.07) is 11.1. The van der Waals surface area contributed by atoms with Crippen LogP contribution in [0.2, 0.25) is 0 Å². The fourth-order valence-electron chi connectivity index (χ4n) is 3.51. The summed E-state index contributed by atoms with van der Waals surface area (Å²) in [4.78, 5) is 13.6. The molecule has 0 atom stereocenters. The van der Waals surface area contributed by atoms with E-state index in [9.17, 15) is 10.1 Å². The second-order valence-corrected chi connectivity index (χ2v) is 6.90. The SMILES string of the molecule is COc1c(OCCN2CCNC2)ccc(C=Cc2n[nH]c3ccccc23)c1[N+](=O)[O-]. The largest absolute Gasteiger partial charge is 0.488 e. The van der Waals surface area contributed by atoms with Crippen LogP contribution in [-0.4, -0.2) is 60.0 Å². The van der Waals surface area contributed by atoms with Crippen molar-refractivity contribution in [2.75, 3.05) is 40.0 Å². The fraction of sp³-hybridized carbons (Fsp3) is 0.286. The molecule has 0 bridgehead atoms. The van der Waals surface area contributed by atoms with E-state index in [4.69, 9.17) is 9.47 Å². The Morgan fingerprint density at radius 1 is 1.27 bits per heavy atom. The Labute approximate surface area is 173 Å². The van der Waals surface area contributed by atoms with Crippen molar-refractivity contribution in [3.63, 3.8) is 0 Å². The number of hydrogen-bond acceptors (Lipinski definition) is 7. The quantitative estimate of drug-likeness (QED) is 0.435. The van der Waals surface area contributed by atoms with Gasteiger partial charge in [0.2, 0.25) is 5.75 Å². The number of para-hydroxylation sites is 1. The summed E-state index contributed by atoms with van der Waals surface area (Å²) in [6.07, 6.45) is 3.42. The molecule has 1 aliphatic heterocycles. The Kier molecular flexibility index (Phi) is 5.92. The van der Waals surface area contributed by atoms with E-state index in [1.165, 1.54) is 7.11 Å². The maximum absolute atomic E-state index is 11.8. The number of hydrogen-bond donors (Lipinski definition) is 2. The zero-order valence-electron chi connectivity index (χ0n) is 16.6. The highest BCUT2D eigenvalue weighted by Crippen LogP contribution is 2.40. The molecule has 0 radical (unpaired) electrons. The number of aromatic nitrogens is 2. The van der Waals surface area contributed by atoms with Gasteiger partial charge in [0.05, 0.1) is 28.8 Å². The van der Waals surface area contributed by atoms with Gasteiger partial charge in [-0.2, -0.15) is 5.10 Å². The minimum atomic E-state index is -0.446. The average Bonchev–Trinajstić information content (AvgIpc) is 3.42. The summed E-state index contributed by atoms with van der Waals surface area (Å²) in [7, 11) is 1.41. The number of nitro benzene ring substituents is 1. The highest BCUT2D eigenvalue weighted by atomic mass is 16.6. The van der Waals surface area contributed by atoms with E-state index in [1.807, 2.05) is 24.3 Å². The van der Waals surface area contributed by atoms with E-state index in [0.717, 1.165) is 37.2 Å². The molecule has 1 fully saturated rings. The molecule has 3 aromatic rings. The minimum Gasteiger partial charge on any atom is -0.488 e. The van der Waals surface area contributed by atoms with E-state index in [1.54, 1.807) is 24.3 Å². The molecule has 9 nitrogen and oxygen atoms in total. The predicted molar refractivity (Wildman–Crippen MR) is 115 cm³/mol. The van der Waals surface area contributed by atoms with E-state index < -0.39 is 4.92 Å². The third-order valence-electron chi connectivity index (χ3n) is 5.04. The number of nitrogens with zero attached hydrogens (tertiary/aromatic N) is 3. The monoisotopic (exact) mass is 409 g/mol. The Balaban J connectivity index is 1.58. The standard InChI is InChI=1S/C21H23N5O4/c1-29-21-19(30-13-12-25-11-10-22-14-25)9-7-15(20(21)26(27)28)6-8-18-16-4-2-3-5-17(16)23-24-18/h2-9,22H,10-14H2,1H3,(H,23,24). The smallest absolute Gasteiger partial charge is 0.322 e. The van der Waals surface area contributed by atoms with Crippen LogP contribution in [0.25, 0.3) is 23.1 Å². The summed E-state index contributed by atoms with van der Waals surface area (Å²) < 4.78 is 11.2. The topological polar surface area (TPSA) is 106 Å². The third-order valence-corrected chi connectivity index (χ3v) is 5.04. The second-order valence-electron chi connectivity index (χ2n) is 6.90. The van der Waals surface area contributed by atoms with Crippen molar-refractivity contribution >= 4 is 28.7 Å².